The van der Waals surface area contributed by atoms with Crippen LogP contribution in [0.4, 0.5) is 4.79 Å². The van der Waals surface area contributed by atoms with Gasteiger partial charge in [0, 0.05) is 40.3 Å². The summed E-state index contributed by atoms with van der Waals surface area (Å²) in [5, 5.41) is 0. The van der Waals surface area contributed by atoms with Crippen LogP contribution in [0.5, 0.6) is 0 Å². The molecule has 134 valence electrons. The Bertz CT molecular complexity index is 875. The number of aromatic nitrogens is 2. The van der Waals surface area contributed by atoms with E-state index in [9.17, 15) is 14.4 Å². The number of benzene rings is 1. The van der Waals surface area contributed by atoms with Gasteiger partial charge in [0.1, 0.15) is 0 Å². The maximum absolute atomic E-state index is 12.5. The van der Waals surface area contributed by atoms with Crippen molar-refractivity contribution < 1.29 is 14.3 Å². The number of carbonyl (C=O) groups excluding carboxylic acids is 2. The molecule has 0 atom stereocenters. The molecule has 1 saturated heterocycles. The van der Waals surface area contributed by atoms with Gasteiger partial charge >= 0.3 is 11.8 Å². The fraction of sp³-hybridized carbons (Fsp3) is 0.471. The van der Waals surface area contributed by atoms with Crippen LogP contribution in [0.15, 0.2) is 23.0 Å². The van der Waals surface area contributed by atoms with Crippen molar-refractivity contribution in [3.63, 3.8) is 0 Å². The molecule has 0 saturated carbocycles. The smallest absolute Gasteiger partial charge is 0.409 e. The van der Waals surface area contributed by atoms with Gasteiger partial charge in [-0.1, -0.05) is 6.07 Å². The number of nitrogens with zero attached hydrogens (tertiary/aromatic N) is 4. The van der Waals surface area contributed by atoms with Crippen LogP contribution in [0.3, 0.4) is 0 Å². The number of imidazole rings is 1. The molecule has 25 heavy (non-hydrogen) atoms. The highest BCUT2D eigenvalue weighted by atomic mass is 16.5. The summed E-state index contributed by atoms with van der Waals surface area (Å²) in [7, 11) is 4.81. The summed E-state index contributed by atoms with van der Waals surface area (Å²) in [4.78, 5) is 39.4. The summed E-state index contributed by atoms with van der Waals surface area (Å²) in [6, 6.07) is 5.64. The average molecular weight is 346 g/mol. The topological polar surface area (TPSA) is 76.8 Å². The highest BCUT2D eigenvalue weighted by Crippen LogP contribution is 2.15. The number of hydrogen-bond acceptors (Lipinski definition) is 4. The first kappa shape index (κ1) is 17.1. The lowest BCUT2D eigenvalue weighted by molar-refractivity contribution is -0.132. The molecule has 0 aliphatic carbocycles. The fourth-order valence-electron chi connectivity index (χ4n) is 3.22. The van der Waals surface area contributed by atoms with E-state index in [4.69, 9.17) is 4.74 Å². The lowest BCUT2D eigenvalue weighted by atomic mass is 10.1. The minimum Gasteiger partial charge on any atom is -0.453 e. The zero-order valence-corrected chi connectivity index (χ0v) is 14.7. The predicted molar refractivity (Wildman–Crippen MR) is 92.4 cm³/mol. The van der Waals surface area contributed by atoms with E-state index >= 15 is 0 Å². The van der Waals surface area contributed by atoms with Crippen LogP contribution < -0.4 is 5.69 Å². The van der Waals surface area contributed by atoms with Crippen LogP contribution in [-0.2, 0) is 30.0 Å². The summed E-state index contributed by atoms with van der Waals surface area (Å²) < 4.78 is 7.87. The summed E-state index contributed by atoms with van der Waals surface area (Å²) in [5.74, 6) is 0.0183. The van der Waals surface area contributed by atoms with Gasteiger partial charge in [-0.25, -0.2) is 9.59 Å². The fourth-order valence-corrected chi connectivity index (χ4v) is 3.22. The van der Waals surface area contributed by atoms with E-state index in [1.807, 2.05) is 18.2 Å². The maximum Gasteiger partial charge on any atom is 0.409 e. The number of hydrogen-bond donors (Lipinski definition) is 0. The number of ether oxygens (including phenoxy) is 1. The first-order valence-corrected chi connectivity index (χ1v) is 8.17. The first-order valence-electron chi connectivity index (χ1n) is 8.17. The normalized spacial score (nSPS) is 14.8. The van der Waals surface area contributed by atoms with Crippen molar-refractivity contribution in [2.45, 2.75) is 6.42 Å². The molecule has 0 radical (unpaired) electrons. The van der Waals surface area contributed by atoms with Gasteiger partial charge in [0.25, 0.3) is 0 Å². The Kier molecular flexibility index (Phi) is 4.52. The minimum absolute atomic E-state index is 0.0183. The molecule has 0 unspecified atom stereocenters. The van der Waals surface area contributed by atoms with E-state index in [0.717, 1.165) is 16.6 Å². The van der Waals surface area contributed by atoms with E-state index in [0.29, 0.717) is 26.2 Å². The monoisotopic (exact) mass is 346 g/mol. The lowest BCUT2D eigenvalue weighted by Crippen LogP contribution is -2.50. The Hall–Kier alpha value is -2.77. The second-order valence-corrected chi connectivity index (χ2v) is 6.24. The van der Waals surface area contributed by atoms with Gasteiger partial charge in [0.2, 0.25) is 5.91 Å². The SMILES string of the molecule is COC(=O)N1CCN(C(=O)Cc2ccc3c(c2)n(C)c(=O)n3C)CC1. The van der Waals surface area contributed by atoms with Crippen molar-refractivity contribution in [2.24, 2.45) is 14.1 Å². The zero-order valence-electron chi connectivity index (χ0n) is 14.7. The summed E-state index contributed by atoms with van der Waals surface area (Å²) in [5.41, 5.74) is 2.44. The molecule has 0 N–H and O–H groups in total. The van der Waals surface area contributed by atoms with E-state index in [2.05, 4.69) is 0 Å². The highest BCUT2D eigenvalue weighted by molar-refractivity contribution is 5.82. The number of amides is 2. The largest absolute Gasteiger partial charge is 0.453 e. The molecule has 0 bridgehead atoms. The minimum atomic E-state index is -0.359. The molecular formula is C17H22N4O4. The Balaban J connectivity index is 1.70. The molecule has 1 aromatic carbocycles. The number of aryl methyl sites for hydroxylation is 2. The maximum atomic E-state index is 12.5. The van der Waals surface area contributed by atoms with Gasteiger partial charge in [0.15, 0.2) is 0 Å². The molecule has 3 rings (SSSR count). The van der Waals surface area contributed by atoms with E-state index in [1.165, 1.54) is 7.11 Å². The average Bonchev–Trinajstić information content (AvgIpc) is 2.85. The van der Waals surface area contributed by atoms with Crippen molar-refractivity contribution in [3.05, 3.63) is 34.2 Å². The van der Waals surface area contributed by atoms with Crippen molar-refractivity contribution in [2.75, 3.05) is 33.3 Å². The Labute approximate surface area is 145 Å². The summed E-state index contributed by atoms with van der Waals surface area (Å²) in [6.45, 7) is 1.95. The molecule has 1 aromatic heterocycles. The van der Waals surface area contributed by atoms with Gasteiger partial charge in [-0.05, 0) is 17.7 Å². The molecule has 8 heteroatoms. The second-order valence-electron chi connectivity index (χ2n) is 6.24. The molecule has 2 heterocycles. The number of rotatable bonds is 2. The number of piperazine rings is 1. The van der Waals surface area contributed by atoms with Gasteiger partial charge in [-0.3, -0.25) is 13.9 Å². The quantitative estimate of drug-likeness (QED) is 0.785. The number of fused-ring (bicyclic) bond motifs is 1. The molecule has 2 aromatic rings. The Morgan fingerprint density at radius 3 is 2.24 bits per heavy atom. The highest BCUT2D eigenvalue weighted by Gasteiger charge is 2.24. The standard InChI is InChI=1S/C17H22N4O4/c1-18-13-5-4-12(10-14(13)19(2)16(18)23)11-15(22)20-6-8-21(9-7-20)17(24)25-3/h4-5,10H,6-9,11H2,1-3H3. The number of carbonyl (C=O) groups is 2. The van der Waals surface area contributed by atoms with Crippen molar-refractivity contribution in [3.8, 4) is 0 Å². The number of methoxy groups -OCH3 is 1. The van der Waals surface area contributed by atoms with Gasteiger partial charge < -0.3 is 14.5 Å². The molecule has 2 amide bonds. The van der Waals surface area contributed by atoms with Gasteiger partial charge in [0.05, 0.1) is 24.6 Å². The van der Waals surface area contributed by atoms with Crippen LogP contribution in [0.2, 0.25) is 0 Å². The van der Waals surface area contributed by atoms with Crippen molar-refractivity contribution >= 4 is 23.0 Å². The first-order chi connectivity index (χ1) is 11.9. The van der Waals surface area contributed by atoms with E-state index in [-0.39, 0.29) is 24.1 Å². The molecular weight excluding hydrogens is 324 g/mol. The predicted octanol–water partition coefficient (Wildman–Crippen LogP) is 0.330. The Morgan fingerprint density at radius 1 is 1.00 bits per heavy atom. The third-order valence-electron chi connectivity index (χ3n) is 4.76. The lowest BCUT2D eigenvalue weighted by Gasteiger charge is -2.33. The molecule has 1 aliphatic rings. The summed E-state index contributed by atoms with van der Waals surface area (Å²) >= 11 is 0. The molecule has 1 fully saturated rings. The van der Waals surface area contributed by atoms with Crippen molar-refractivity contribution in [1.29, 1.82) is 0 Å². The molecule has 8 nitrogen and oxygen atoms in total. The van der Waals surface area contributed by atoms with Crippen LogP contribution in [0, 0.1) is 0 Å². The van der Waals surface area contributed by atoms with E-state index < -0.39 is 0 Å². The van der Waals surface area contributed by atoms with E-state index in [1.54, 1.807) is 33.0 Å². The molecule has 1 aliphatic heterocycles. The van der Waals surface area contributed by atoms with Crippen LogP contribution in [0.1, 0.15) is 5.56 Å². The second kappa shape index (κ2) is 6.62. The third-order valence-corrected chi connectivity index (χ3v) is 4.76. The van der Waals surface area contributed by atoms with Crippen LogP contribution in [0.25, 0.3) is 11.0 Å². The zero-order chi connectivity index (χ0) is 18.1. The van der Waals surface area contributed by atoms with Crippen LogP contribution in [-0.4, -0.2) is 64.2 Å². The summed E-state index contributed by atoms with van der Waals surface area (Å²) in [6.07, 6.45) is -0.0837. The van der Waals surface area contributed by atoms with Gasteiger partial charge in [-0.2, -0.15) is 0 Å². The molecule has 0 spiro atoms. The van der Waals surface area contributed by atoms with Gasteiger partial charge in [-0.15, -0.1) is 0 Å². The third kappa shape index (κ3) is 3.11. The van der Waals surface area contributed by atoms with Crippen LogP contribution >= 0.6 is 0 Å². The Morgan fingerprint density at radius 2 is 1.60 bits per heavy atom. The van der Waals surface area contributed by atoms with Crippen molar-refractivity contribution in [1.82, 2.24) is 18.9 Å².